The second kappa shape index (κ2) is 6.28. The van der Waals surface area contributed by atoms with Crippen LogP contribution >= 0.6 is 0 Å². The molecule has 0 bridgehead atoms. The Hall–Kier alpha value is -0.260. The van der Waals surface area contributed by atoms with Crippen LogP contribution in [0.3, 0.4) is 0 Å². The van der Waals surface area contributed by atoms with Gasteiger partial charge in [0.15, 0.2) is 0 Å². The van der Waals surface area contributed by atoms with E-state index in [9.17, 15) is 0 Å². The SMILES string of the molecule is CCC(C)C=CCC(C)C(C)C. The normalized spacial score (nSPS) is 17.2. The highest BCUT2D eigenvalue weighted by molar-refractivity contribution is 4.87. The molecule has 0 amide bonds. The first-order valence-corrected chi connectivity index (χ1v) is 5.24. The van der Waals surface area contributed by atoms with Crippen LogP contribution in [0, 0.1) is 17.8 Å². The van der Waals surface area contributed by atoms with E-state index in [-0.39, 0.29) is 0 Å². The summed E-state index contributed by atoms with van der Waals surface area (Å²) in [7, 11) is 0. The Morgan fingerprint density at radius 2 is 1.67 bits per heavy atom. The number of hydrogen-bond donors (Lipinski definition) is 0. The summed E-state index contributed by atoms with van der Waals surface area (Å²) in [6.07, 6.45) is 7.19. The fraction of sp³-hybridized carbons (Fsp3) is 0.833. The second-order valence-electron chi connectivity index (χ2n) is 4.27. The lowest BCUT2D eigenvalue weighted by Crippen LogP contribution is -2.01. The van der Waals surface area contributed by atoms with Crippen molar-refractivity contribution in [2.75, 3.05) is 0 Å². The lowest BCUT2D eigenvalue weighted by atomic mass is 9.94. The van der Waals surface area contributed by atoms with Gasteiger partial charge in [-0.05, 0) is 24.2 Å². The highest BCUT2D eigenvalue weighted by atomic mass is 14.1. The summed E-state index contributed by atoms with van der Waals surface area (Å²) < 4.78 is 0. The van der Waals surface area contributed by atoms with Crippen molar-refractivity contribution in [2.24, 2.45) is 17.8 Å². The maximum absolute atomic E-state index is 2.35. The van der Waals surface area contributed by atoms with E-state index in [2.05, 4.69) is 46.8 Å². The molecule has 0 aromatic rings. The first-order valence-electron chi connectivity index (χ1n) is 5.24. The molecule has 0 fully saturated rings. The van der Waals surface area contributed by atoms with Crippen molar-refractivity contribution >= 4 is 0 Å². The Balaban J connectivity index is 3.59. The fourth-order valence-corrected chi connectivity index (χ4v) is 0.934. The average molecular weight is 168 g/mol. The van der Waals surface area contributed by atoms with Gasteiger partial charge in [0.25, 0.3) is 0 Å². The average Bonchev–Trinajstić information content (AvgIpc) is 2.03. The molecule has 0 spiro atoms. The van der Waals surface area contributed by atoms with Crippen LogP contribution in [0.1, 0.15) is 47.5 Å². The van der Waals surface area contributed by atoms with Crippen molar-refractivity contribution in [2.45, 2.75) is 47.5 Å². The van der Waals surface area contributed by atoms with Crippen LogP contribution in [0.2, 0.25) is 0 Å². The van der Waals surface area contributed by atoms with Crippen molar-refractivity contribution in [3.05, 3.63) is 12.2 Å². The standard InChI is InChI=1S/C12H24/c1-6-11(4)8-7-9-12(5)10(2)3/h7-8,10-12H,6,9H2,1-5H3. The molecule has 0 radical (unpaired) electrons. The van der Waals surface area contributed by atoms with Gasteiger partial charge in [0.2, 0.25) is 0 Å². The van der Waals surface area contributed by atoms with E-state index in [0.717, 1.165) is 17.8 Å². The van der Waals surface area contributed by atoms with Gasteiger partial charge in [-0.2, -0.15) is 0 Å². The van der Waals surface area contributed by atoms with Crippen LogP contribution in [0.5, 0.6) is 0 Å². The first-order chi connectivity index (χ1) is 5.57. The van der Waals surface area contributed by atoms with Crippen molar-refractivity contribution < 1.29 is 0 Å². The molecule has 72 valence electrons. The fourth-order valence-electron chi connectivity index (χ4n) is 0.934. The molecular formula is C12H24. The van der Waals surface area contributed by atoms with Gasteiger partial charge in [-0.15, -0.1) is 0 Å². The summed E-state index contributed by atoms with van der Waals surface area (Å²) in [5.41, 5.74) is 0. The molecule has 0 aromatic heterocycles. The van der Waals surface area contributed by atoms with Gasteiger partial charge in [0.05, 0.1) is 0 Å². The molecule has 0 heteroatoms. The predicted octanol–water partition coefficient (Wildman–Crippen LogP) is 4.27. The van der Waals surface area contributed by atoms with Gasteiger partial charge in [-0.1, -0.05) is 53.2 Å². The van der Waals surface area contributed by atoms with Crippen LogP contribution < -0.4 is 0 Å². The van der Waals surface area contributed by atoms with E-state index in [4.69, 9.17) is 0 Å². The Morgan fingerprint density at radius 1 is 1.08 bits per heavy atom. The molecular weight excluding hydrogens is 144 g/mol. The van der Waals surface area contributed by atoms with Gasteiger partial charge in [0, 0.05) is 0 Å². The second-order valence-corrected chi connectivity index (χ2v) is 4.27. The van der Waals surface area contributed by atoms with Gasteiger partial charge in [-0.25, -0.2) is 0 Å². The Bertz CT molecular complexity index is 122. The summed E-state index contributed by atoms with van der Waals surface area (Å²) in [4.78, 5) is 0. The summed E-state index contributed by atoms with van der Waals surface area (Å²) >= 11 is 0. The number of hydrogen-bond acceptors (Lipinski definition) is 0. The molecule has 0 aliphatic heterocycles. The molecule has 0 aromatic carbocycles. The van der Waals surface area contributed by atoms with Gasteiger partial charge in [-0.3, -0.25) is 0 Å². The third-order valence-corrected chi connectivity index (χ3v) is 2.75. The van der Waals surface area contributed by atoms with Crippen LogP contribution in [-0.2, 0) is 0 Å². The third kappa shape index (κ3) is 5.40. The third-order valence-electron chi connectivity index (χ3n) is 2.75. The summed E-state index contributed by atoms with van der Waals surface area (Å²) in [6.45, 7) is 11.4. The molecule has 0 heterocycles. The minimum Gasteiger partial charge on any atom is -0.0880 e. The zero-order valence-electron chi connectivity index (χ0n) is 9.30. The maximum atomic E-state index is 2.35. The van der Waals surface area contributed by atoms with Crippen molar-refractivity contribution in [3.8, 4) is 0 Å². The van der Waals surface area contributed by atoms with E-state index in [1.54, 1.807) is 0 Å². The number of allylic oxidation sites excluding steroid dienone is 2. The predicted molar refractivity (Wildman–Crippen MR) is 57.2 cm³/mol. The quantitative estimate of drug-likeness (QED) is 0.538. The first kappa shape index (κ1) is 11.7. The summed E-state index contributed by atoms with van der Waals surface area (Å²) in [6, 6.07) is 0. The minimum atomic E-state index is 0.754. The Morgan fingerprint density at radius 3 is 2.08 bits per heavy atom. The highest BCUT2D eigenvalue weighted by Gasteiger charge is 2.03. The molecule has 2 atom stereocenters. The molecule has 0 saturated heterocycles. The molecule has 0 saturated carbocycles. The van der Waals surface area contributed by atoms with Crippen LogP contribution in [-0.4, -0.2) is 0 Å². The lowest BCUT2D eigenvalue weighted by Gasteiger charge is -2.12. The molecule has 0 N–H and O–H groups in total. The minimum absolute atomic E-state index is 0.754. The molecule has 0 nitrogen and oxygen atoms in total. The maximum Gasteiger partial charge on any atom is -0.0265 e. The lowest BCUT2D eigenvalue weighted by molar-refractivity contribution is 0.423. The van der Waals surface area contributed by atoms with Gasteiger partial charge < -0.3 is 0 Å². The monoisotopic (exact) mass is 168 g/mol. The highest BCUT2D eigenvalue weighted by Crippen LogP contribution is 2.15. The summed E-state index contributed by atoms with van der Waals surface area (Å²) in [5, 5.41) is 0. The van der Waals surface area contributed by atoms with Crippen LogP contribution in [0.25, 0.3) is 0 Å². The van der Waals surface area contributed by atoms with Crippen LogP contribution in [0.4, 0.5) is 0 Å². The molecule has 0 rings (SSSR count). The van der Waals surface area contributed by atoms with Crippen molar-refractivity contribution in [1.29, 1.82) is 0 Å². The van der Waals surface area contributed by atoms with Gasteiger partial charge in [0.1, 0.15) is 0 Å². The smallest absolute Gasteiger partial charge is 0.0265 e. The van der Waals surface area contributed by atoms with Crippen molar-refractivity contribution in [3.63, 3.8) is 0 Å². The molecule has 12 heavy (non-hydrogen) atoms. The van der Waals surface area contributed by atoms with E-state index in [0.29, 0.717) is 0 Å². The Kier molecular flexibility index (Phi) is 6.14. The number of rotatable bonds is 5. The van der Waals surface area contributed by atoms with Crippen LogP contribution in [0.15, 0.2) is 12.2 Å². The van der Waals surface area contributed by atoms with E-state index in [1.807, 2.05) is 0 Å². The van der Waals surface area contributed by atoms with E-state index < -0.39 is 0 Å². The zero-order chi connectivity index (χ0) is 9.56. The molecule has 2 unspecified atom stereocenters. The Labute approximate surface area is 78.1 Å². The zero-order valence-corrected chi connectivity index (χ0v) is 9.30. The largest absolute Gasteiger partial charge is 0.0880 e. The molecule has 0 aliphatic carbocycles. The van der Waals surface area contributed by atoms with E-state index in [1.165, 1.54) is 12.8 Å². The summed E-state index contributed by atoms with van der Waals surface area (Å²) in [5.74, 6) is 2.39. The van der Waals surface area contributed by atoms with Gasteiger partial charge >= 0.3 is 0 Å². The molecule has 0 aliphatic rings. The topological polar surface area (TPSA) is 0 Å². The van der Waals surface area contributed by atoms with Crippen molar-refractivity contribution in [1.82, 2.24) is 0 Å². The van der Waals surface area contributed by atoms with E-state index >= 15 is 0 Å².